The third-order valence-electron chi connectivity index (χ3n) is 6.22. The second kappa shape index (κ2) is 9.32. The van der Waals surface area contributed by atoms with E-state index in [0.717, 1.165) is 18.5 Å². The highest BCUT2D eigenvalue weighted by molar-refractivity contribution is 5.84. The molecule has 4 aromatic carbocycles. The third-order valence-corrected chi connectivity index (χ3v) is 6.22. The molecule has 4 rings (SSSR count). The van der Waals surface area contributed by atoms with E-state index in [2.05, 4.69) is 105 Å². The van der Waals surface area contributed by atoms with Gasteiger partial charge >= 0.3 is 0 Å². The van der Waals surface area contributed by atoms with Crippen LogP contribution in [-0.2, 0) is 12.8 Å². The van der Waals surface area contributed by atoms with Crippen molar-refractivity contribution in [3.8, 4) is 11.1 Å². The molecule has 0 heterocycles. The van der Waals surface area contributed by atoms with Gasteiger partial charge in [0.1, 0.15) is 0 Å². The molecule has 0 aliphatic rings. The van der Waals surface area contributed by atoms with Crippen LogP contribution in [0.2, 0.25) is 0 Å². The van der Waals surface area contributed by atoms with Gasteiger partial charge in [0.25, 0.3) is 0 Å². The van der Waals surface area contributed by atoms with Crippen LogP contribution in [0.15, 0.2) is 84.9 Å². The second-order valence-corrected chi connectivity index (χ2v) is 8.38. The predicted octanol–water partition coefficient (Wildman–Crippen LogP) is 8.15. The fourth-order valence-electron chi connectivity index (χ4n) is 4.50. The van der Waals surface area contributed by atoms with Gasteiger partial charge in [0.05, 0.1) is 11.4 Å². The average Bonchev–Trinajstić information content (AvgIpc) is 2.82. The molecule has 2 heteroatoms. The van der Waals surface area contributed by atoms with E-state index < -0.39 is 0 Å². The van der Waals surface area contributed by atoms with Crippen molar-refractivity contribution in [1.82, 2.24) is 0 Å². The fourth-order valence-corrected chi connectivity index (χ4v) is 4.50. The van der Waals surface area contributed by atoms with Crippen molar-refractivity contribution in [2.45, 2.75) is 40.5 Å². The zero-order valence-corrected chi connectivity index (χ0v) is 19.5. The summed E-state index contributed by atoms with van der Waals surface area (Å²) in [6.07, 6.45) is 1.98. The minimum Gasteiger partial charge on any atom is -0.399 e. The molecule has 162 valence electrons. The number of anilines is 4. The highest BCUT2D eigenvalue weighted by Gasteiger charge is 2.21. The average molecular weight is 421 g/mol. The van der Waals surface area contributed by atoms with Gasteiger partial charge in [-0.05, 0) is 84.3 Å². The first-order valence-corrected chi connectivity index (χ1v) is 11.5. The van der Waals surface area contributed by atoms with Crippen LogP contribution in [0, 0.1) is 13.8 Å². The summed E-state index contributed by atoms with van der Waals surface area (Å²) >= 11 is 0. The molecule has 0 amide bonds. The second-order valence-electron chi connectivity index (χ2n) is 8.38. The van der Waals surface area contributed by atoms with Gasteiger partial charge < -0.3 is 10.6 Å². The minimum absolute atomic E-state index is 0.787. The number of aryl methyl sites for hydroxylation is 4. The Labute approximate surface area is 192 Å². The summed E-state index contributed by atoms with van der Waals surface area (Å²) in [6.45, 7) is 8.90. The van der Waals surface area contributed by atoms with E-state index in [-0.39, 0.29) is 0 Å². The van der Waals surface area contributed by atoms with Crippen molar-refractivity contribution in [1.29, 1.82) is 0 Å². The molecular weight excluding hydrogens is 388 g/mol. The van der Waals surface area contributed by atoms with Crippen LogP contribution < -0.4 is 10.6 Å². The van der Waals surface area contributed by atoms with Crippen molar-refractivity contribution < 1.29 is 0 Å². The number of para-hydroxylation sites is 2. The summed E-state index contributed by atoms with van der Waals surface area (Å²) in [5, 5.41) is 0. The molecule has 0 radical (unpaired) electrons. The van der Waals surface area contributed by atoms with Gasteiger partial charge in [-0.25, -0.2) is 0 Å². The van der Waals surface area contributed by atoms with Crippen LogP contribution in [0.3, 0.4) is 0 Å². The van der Waals surface area contributed by atoms with E-state index in [1.165, 1.54) is 50.4 Å². The van der Waals surface area contributed by atoms with E-state index in [1.54, 1.807) is 0 Å². The lowest BCUT2D eigenvalue weighted by atomic mass is 9.98. The maximum absolute atomic E-state index is 5.87. The Hall–Kier alpha value is -3.52. The fraction of sp³-hybridized carbons (Fsp3) is 0.200. The summed E-state index contributed by atoms with van der Waals surface area (Å²) < 4.78 is 0. The molecule has 0 unspecified atom stereocenters. The van der Waals surface area contributed by atoms with Gasteiger partial charge in [0.2, 0.25) is 0 Å². The summed E-state index contributed by atoms with van der Waals surface area (Å²) in [4.78, 5) is 2.47. The minimum atomic E-state index is 0.787. The van der Waals surface area contributed by atoms with Gasteiger partial charge in [0.15, 0.2) is 0 Å². The molecule has 0 saturated carbocycles. The van der Waals surface area contributed by atoms with E-state index in [4.69, 9.17) is 5.73 Å². The summed E-state index contributed by atoms with van der Waals surface area (Å²) in [6, 6.07) is 30.2. The first kappa shape index (κ1) is 21.7. The van der Waals surface area contributed by atoms with Gasteiger partial charge in [-0.1, -0.05) is 74.5 Å². The molecule has 0 aliphatic carbocycles. The van der Waals surface area contributed by atoms with Crippen molar-refractivity contribution in [3.05, 3.63) is 107 Å². The standard InChI is InChI=1S/C30H32N2/c1-5-23-11-7-9-21(3)29(23)32(30-22(4)10-8-12-24(30)6-2)28-19-15-26(16-20-28)25-13-17-27(31)18-14-25/h7-20H,5-6,31H2,1-4H3. The SMILES string of the molecule is CCc1cccc(C)c1N(c1ccc(-c2ccc(N)cc2)cc1)c1c(C)cccc1CC. The molecule has 0 saturated heterocycles. The lowest BCUT2D eigenvalue weighted by Gasteiger charge is -2.32. The number of nitrogens with zero attached hydrogens (tertiary/aromatic N) is 1. The Kier molecular flexibility index (Phi) is 6.32. The quantitative estimate of drug-likeness (QED) is 0.319. The van der Waals surface area contributed by atoms with Crippen LogP contribution >= 0.6 is 0 Å². The van der Waals surface area contributed by atoms with Gasteiger partial charge in [-0.3, -0.25) is 0 Å². The topological polar surface area (TPSA) is 29.3 Å². The zero-order chi connectivity index (χ0) is 22.7. The van der Waals surface area contributed by atoms with Crippen LogP contribution in [0.1, 0.15) is 36.1 Å². The highest BCUT2D eigenvalue weighted by atomic mass is 15.2. The Morgan fingerprint density at radius 3 is 1.47 bits per heavy atom. The number of benzene rings is 4. The molecule has 0 spiro atoms. The lowest BCUT2D eigenvalue weighted by molar-refractivity contribution is 1.07. The van der Waals surface area contributed by atoms with Crippen molar-refractivity contribution >= 4 is 22.7 Å². The Balaban J connectivity index is 1.91. The van der Waals surface area contributed by atoms with E-state index in [9.17, 15) is 0 Å². The lowest BCUT2D eigenvalue weighted by Crippen LogP contribution is -2.16. The van der Waals surface area contributed by atoms with E-state index in [0.29, 0.717) is 0 Å². The third kappa shape index (κ3) is 4.13. The molecular formula is C30H32N2. The van der Waals surface area contributed by atoms with Crippen LogP contribution in [0.25, 0.3) is 11.1 Å². The monoisotopic (exact) mass is 420 g/mol. The molecule has 0 bridgehead atoms. The Bertz CT molecular complexity index is 1150. The number of rotatable bonds is 6. The number of hydrogen-bond donors (Lipinski definition) is 1. The molecule has 2 nitrogen and oxygen atoms in total. The van der Waals surface area contributed by atoms with Crippen LogP contribution in [0.5, 0.6) is 0 Å². The number of nitrogens with two attached hydrogens (primary N) is 1. The molecule has 0 aromatic heterocycles. The number of hydrogen-bond acceptors (Lipinski definition) is 2. The van der Waals surface area contributed by atoms with Gasteiger partial charge in [-0.2, -0.15) is 0 Å². The Morgan fingerprint density at radius 2 is 1.03 bits per heavy atom. The Morgan fingerprint density at radius 1 is 0.594 bits per heavy atom. The van der Waals surface area contributed by atoms with Crippen LogP contribution in [-0.4, -0.2) is 0 Å². The van der Waals surface area contributed by atoms with Crippen molar-refractivity contribution in [2.75, 3.05) is 10.6 Å². The summed E-state index contributed by atoms with van der Waals surface area (Å²) in [5.74, 6) is 0. The maximum atomic E-state index is 5.87. The normalized spacial score (nSPS) is 10.9. The van der Waals surface area contributed by atoms with Gasteiger partial charge in [-0.15, -0.1) is 0 Å². The first-order valence-electron chi connectivity index (χ1n) is 11.5. The molecule has 0 atom stereocenters. The van der Waals surface area contributed by atoms with Crippen LogP contribution in [0.4, 0.5) is 22.7 Å². The molecule has 2 N–H and O–H groups in total. The molecule has 0 aliphatic heterocycles. The zero-order valence-electron chi connectivity index (χ0n) is 19.5. The molecule has 32 heavy (non-hydrogen) atoms. The highest BCUT2D eigenvalue weighted by Crippen LogP contribution is 2.42. The van der Waals surface area contributed by atoms with Crippen molar-refractivity contribution in [2.24, 2.45) is 0 Å². The predicted molar refractivity (Wildman–Crippen MR) is 139 cm³/mol. The summed E-state index contributed by atoms with van der Waals surface area (Å²) in [5.41, 5.74) is 18.1. The van der Waals surface area contributed by atoms with E-state index in [1.807, 2.05) is 12.1 Å². The largest absolute Gasteiger partial charge is 0.399 e. The first-order chi connectivity index (χ1) is 15.5. The molecule has 0 fully saturated rings. The van der Waals surface area contributed by atoms with Crippen molar-refractivity contribution in [3.63, 3.8) is 0 Å². The van der Waals surface area contributed by atoms with Gasteiger partial charge in [0, 0.05) is 11.4 Å². The molecule has 4 aromatic rings. The van der Waals surface area contributed by atoms with E-state index >= 15 is 0 Å². The number of nitrogen functional groups attached to an aromatic ring is 1. The maximum Gasteiger partial charge on any atom is 0.0522 e. The smallest absolute Gasteiger partial charge is 0.0522 e. The summed E-state index contributed by atoms with van der Waals surface area (Å²) in [7, 11) is 0.